The van der Waals surface area contributed by atoms with Crippen LogP contribution in [-0.4, -0.2) is 32.8 Å². The van der Waals surface area contributed by atoms with Crippen molar-refractivity contribution in [3.05, 3.63) is 29.3 Å². The zero-order valence-electron chi connectivity index (χ0n) is 12.3. The Bertz CT molecular complexity index is 663. The van der Waals surface area contributed by atoms with Crippen LogP contribution in [0.3, 0.4) is 0 Å². The topological polar surface area (TPSA) is 78.8 Å². The van der Waals surface area contributed by atoms with Crippen LogP contribution in [0.2, 0.25) is 5.02 Å². The van der Waals surface area contributed by atoms with Crippen molar-refractivity contribution in [1.29, 1.82) is 0 Å². The van der Waals surface area contributed by atoms with Crippen molar-refractivity contribution in [1.82, 2.24) is 5.43 Å². The van der Waals surface area contributed by atoms with E-state index in [2.05, 4.69) is 10.5 Å². The second-order valence-electron chi connectivity index (χ2n) is 5.17. The zero-order valence-corrected chi connectivity index (χ0v) is 13.8. The van der Waals surface area contributed by atoms with Crippen LogP contribution in [0.4, 0.5) is 5.69 Å². The predicted octanol–water partition coefficient (Wildman–Crippen LogP) is 2.15. The number of nitrogens with one attached hydrogen (secondary N) is 1. The van der Waals surface area contributed by atoms with Gasteiger partial charge in [-0.25, -0.2) is 13.8 Å². The number of rotatable bonds is 5. The van der Waals surface area contributed by atoms with Crippen LogP contribution in [0.25, 0.3) is 0 Å². The molecule has 1 saturated carbocycles. The first-order valence-electron chi connectivity index (χ1n) is 6.94. The van der Waals surface area contributed by atoms with Crippen molar-refractivity contribution >= 4 is 38.9 Å². The van der Waals surface area contributed by atoms with Crippen molar-refractivity contribution in [2.75, 3.05) is 17.1 Å². The molecule has 0 aromatic heterocycles. The molecule has 120 valence electrons. The van der Waals surface area contributed by atoms with Crippen LogP contribution >= 0.6 is 11.6 Å². The lowest BCUT2D eigenvalue weighted by Gasteiger charge is -2.21. The summed E-state index contributed by atoms with van der Waals surface area (Å²) in [6.45, 7) is -0.322. The first-order valence-corrected chi connectivity index (χ1v) is 9.16. The number of anilines is 1. The lowest BCUT2D eigenvalue weighted by molar-refractivity contribution is -0.119. The molecule has 0 bridgehead atoms. The van der Waals surface area contributed by atoms with Gasteiger partial charge < -0.3 is 0 Å². The summed E-state index contributed by atoms with van der Waals surface area (Å²) >= 11 is 5.79. The molecule has 1 aliphatic carbocycles. The van der Waals surface area contributed by atoms with Gasteiger partial charge in [0, 0.05) is 10.7 Å². The summed E-state index contributed by atoms with van der Waals surface area (Å²) in [5.41, 5.74) is 3.76. The molecular weight excluding hydrogens is 326 g/mol. The number of benzene rings is 1. The third kappa shape index (κ3) is 4.71. The minimum Gasteiger partial charge on any atom is -0.271 e. The van der Waals surface area contributed by atoms with Crippen LogP contribution in [0.5, 0.6) is 0 Å². The van der Waals surface area contributed by atoms with Gasteiger partial charge in [0.1, 0.15) is 6.54 Å². The molecule has 1 aliphatic rings. The quantitative estimate of drug-likeness (QED) is 0.832. The molecular formula is C14H18ClN3O3S. The molecule has 0 saturated heterocycles. The third-order valence-corrected chi connectivity index (χ3v) is 4.71. The molecule has 1 N–H and O–H groups in total. The summed E-state index contributed by atoms with van der Waals surface area (Å²) in [6.07, 6.45) is 4.97. The van der Waals surface area contributed by atoms with Gasteiger partial charge in [0.05, 0.1) is 11.9 Å². The molecule has 1 aromatic rings. The van der Waals surface area contributed by atoms with Crippen LogP contribution in [-0.2, 0) is 14.8 Å². The highest BCUT2D eigenvalue weighted by Crippen LogP contribution is 2.20. The van der Waals surface area contributed by atoms with Crippen molar-refractivity contribution in [3.8, 4) is 0 Å². The van der Waals surface area contributed by atoms with E-state index in [1.54, 1.807) is 24.3 Å². The lowest BCUT2D eigenvalue weighted by atomic mass is 10.3. The number of hydrazone groups is 1. The molecule has 2 rings (SSSR count). The third-order valence-electron chi connectivity index (χ3n) is 3.32. The Morgan fingerprint density at radius 2 is 1.86 bits per heavy atom. The molecule has 8 heteroatoms. The van der Waals surface area contributed by atoms with E-state index in [0.29, 0.717) is 10.7 Å². The second kappa shape index (κ2) is 7.11. The number of hydrogen-bond acceptors (Lipinski definition) is 4. The minimum absolute atomic E-state index is 0.322. The van der Waals surface area contributed by atoms with Crippen molar-refractivity contribution in [3.63, 3.8) is 0 Å². The summed E-state index contributed by atoms with van der Waals surface area (Å²) in [5.74, 6) is -0.472. The van der Waals surface area contributed by atoms with E-state index in [1.165, 1.54) is 0 Å². The first-order chi connectivity index (χ1) is 10.4. The normalized spacial score (nSPS) is 14.7. The summed E-state index contributed by atoms with van der Waals surface area (Å²) in [7, 11) is -3.58. The Kier molecular flexibility index (Phi) is 5.42. The van der Waals surface area contributed by atoms with Gasteiger partial charge in [-0.05, 0) is 49.9 Å². The van der Waals surface area contributed by atoms with E-state index in [-0.39, 0.29) is 6.54 Å². The zero-order chi connectivity index (χ0) is 16.2. The highest BCUT2D eigenvalue weighted by molar-refractivity contribution is 7.92. The average molecular weight is 344 g/mol. The number of sulfonamides is 1. The van der Waals surface area contributed by atoms with Crippen LogP contribution in [0.1, 0.15) is 25.7 Å². The molecule has 0 spiro atoms. The number of carbonyl (C=O) groups excluding carboxylic acids is 1. The monoisotopic (exact) mass is 343 g/mol. The van der Waals surface area contributed by atoms with Gasteiger partial charge in [0.2, 0.25) is 10.0 Å². The van der Waals surface area contributed by atoms with Crippen molar-refractivity contribution < 1.29 is 13.2 Å². The fourth-order valence-corrected chi connectivity index (χ4v) is 3.19. The molecule has 0 unspecified atom stereocenters. The maximum atomic E-state index is 11.9. The Hall–Kier alpha value is -1.60. The van der Waals surface area contributed by atoms with Gasteiger partial charge in [-0.1, -0.05) is 11.6 Å². The SMILES string of the molecule is CS(=O)(=O)N(CC(=O)NN=C1CCCC1)c1ccc(Cl)cc1. The van der Waals surface area contributed by atoms with Gasteiger partial charge in [-0.2, -0.15) is 5.10 Å². The number of amides is 1. The van der Waals surface area contributed by atoms with Crippen molar-refractivity contribution in [2.45, 2.75) is 25.7 Å². The Morgan fingerprint density at radius 1 is 1.27 bits per heavy atom. The first kappa shape index (κ1) is 16.8. The summed E-state index contributed by atoms with van der Waals surface area (Å²) < 4.78 is 24.8. The average Bonchev–Trinajstić information content (AvgIpc) is 2.96. The fourth-order valence-electron chi connectivity index (χ4n) is 2.21. The van der Waals surface area contributed by atoms with E-state index >= 15 is 0 Å². The maximum Gasteiger partial charge on any atom is 0.260 e. The van der Waals surface area contributed by atoms with Gasteiger partial charge in [-0.3, -0.25) is 9.10 Å². The summed E-state index contributed by atoms with van der Waals surface area (Å²) in [5, 5.41) is 4.54. The molecule has 1 fully saturated rings. The molecule has 0 radical (unpaired) electrons. The molecule has 6 nitrogen and oxygen atoms in total. The van der Waals surface area contributed by atoms with Crippen LogP contribution < -0.4 is 9.73 Å². The van der Waals surface area contributed by atoms with E-state index in [9.17, 15) is 13.2 Å². The Morgan fingerprint density at radius 3 is 2.41 bits per heavy atom. The van der Waals surface area contributed by atoms with Gasteiger partial charge >= 0.3 is 0 Å². The van der Waals surface area contributed by atoms with E-state index in [4.69, 9.17) is 11.6 Å². The van der Waals surface area contributed by atoms with Gasteiger partial charge in [0.25, 0.3) is 5.91 Å². The van der Waals surface area contributed by atoms with Crippen molar-refractivity contribution in [2.24, 2.45) is 5.10 Å². The molecule has 0 heterocycles. The second-order valence-corrected chi connectivity index (χ2v) is 7.51. The van der Waals surface area contributed by atoms with E-state index in [1.807, 2.05) is 0 Å². The number of halogens is 1. The standard InChI is InChI=1S/C14H18ClN3O3S/c1-22(20,21)18(13-8-6-11(15)7-9-13)10-14(19)17-16-12-4-2-3-5-12/h6-9H,2-5,10H2,1H3,(H,17,19). The number of carbonyl (C=O) groups is 1. The highest BCUT2D eigenvalue weighted by atomic mass is 35.5. The largest absolute Gasteiger partial charge is 0.271 e. The van der Waals surface area contributed by atoms with E-state index in [0.717, 1.165) is 42.0 Å². The van der Waals surface area contributed by atoms with Gasteiger partial charge in [-0.15, -0.1) is 0 Å². The molecule has 22 heavy (non-hydrogen) atoms. The molecule has 1 amide bonds. The Balaban J connectivity index is 2.08. The molecule has 0 atom stereocenters. The van der Waals surface area contributed by atoms with Crippen LogP contribution in [0, 0.1) is 0 Å². The predicted molar refractivity (Wildman–Crippen MR) is 87.7 cm³/mol. The number of hydrogen-bond donors (Lipinski definition) is 1. The van der Waals surface area contributed by atoms with Crippen LogP contribution in [0.15, 0.2) is 29.4 Å². The highest BCUT2D eigenvalue weighted by Gasteiger charge is 2.21. The summed E-state index contributed by atoms with van der Waals surface area (Å²) in [4.78, 5) is 11.9. The maximum absolute atomic E-state index is 11.9. The number of nitrogens with zero attached hydrogens (tertiary/aromatic N) is 2. The Labute approximate surface area is 135 Å². The fraction of sp³-hybridized carbons (Fsp3) is 0.429. The van der Waals surface area contributed by atoms with E-state index < -0.39 is 15.9 Å². The molecule has 0 aliphatic heterocycles. The minimum atomic E-state index is -3.58. The molecule has 1 aromatic carbocycles. The lowest BCUT2D eigenvalue weighted by Crippen LogP contribution is -2.39. The van der Waals surface area contributed by atoms with Gasteiger partial charge in [0.15, 0.2) is 0 Å². The summed E-state index contributed by atoms with van der Waals surface area (Å²) in [6, 6.07) is 6.26. The smallest absolute Gasteiger partial charge is 0.260 e.